The average Bonchev–Trinajstić information content (AvgIpc) is 3.16. The molecule has 3 nitrogen and oxygen atoms in total. The number of nitrogens with two attached hydrogens (primary N) is 1. The van der Waals surface area contributed by atoms with Crippen LogP contribution >= 0.6 is 11.3 Å². The Balaban J connectivity index is 1.78. The summed E-state index contributed by atoms with van der Waals surface area (Å²) in [4.78, 5) is 13.4. The van der Waals surface area contributed by atoms with Gasteiger partial charge in [-0.05, 0) is 42.3 Å². The lowest BCUT2D eigenvalue weighted by molar-refractivity contribution is 0.0933. The van der Waals surface area contributed by atoms with E-state index < -0.39 is 0 Å². The van der Waals surface area contributed by atoms with Crippen LogP contribution in [-0.4, -0.2) is 18.5 Å². The van der Waals surface area contributed by atoms with Crippen LogP contribution in [0.1, 0.15) is 28.9 Å². The van der Waals surface area contributed by atoms with E-state index in [1.54, 1.807) is 0 Å². The van der Waals surface area contributed by atoms with Crippen molar-refractivity contribution in [3.8, 4) is 11.1 Å². The lowest BCUT2D eigenvalue weighted by atomic mass is 10.0. The number of amides is 1. The maximum absolute atomic E-state index is 12.6. The van der Waals surface area contributed by atoms with Crippen LogP contribution in [0.15, 0.2) is 41.8 Å². The lowest BCUT2D eigenvalue weighted by Gasteiger charge is -2.19. The third-order valence-corrected chi connectivity index (χ3v) is 5.15. The first kappa shape index (κ1) is 14.3. The fraction of sp³-hybridized carbons (Fsp3) is 0.353. The summed E-state index contributed by atoms with van der Waals surface area (Å²) >= 11 is 1.50. The molecule has 0 spiro atoms. The number of carbonyl (C=O) groups is 1. The van der Waals surface area contributed by atoms with Gasteiger partial charge in [-0.2, -0.15) is 0 Å². The molecule has 1 aromatic carbocycles. The maximum atomic E-state index is 12.6. The van der Waals surface area contributed by atoms with Crippen molar-refractivity contribution in [1.29, 1.82) is 0 Å². The Morgan fingerprint density at radius 2 is 2.05 bits per heavy atom. The summed E-state index contributed by atoms with van der Waals surface area (Å²) in [5.74, 6) is 0.461. The predicted octanol–water partition coefficient (Wildman–Crippen LogP) is 3.27. The van der Waals surface area contributed by atoms with E-state index in [0.29, 0.717) is 12.5 Å². The second-order valence-electron chi connectivity index (χ2n) is 5.54. The van der Waals surface area contributed by atoms with Crippen molar-refractivity contribution in [2.45, 2.75) is 25.3 Å². The van der Waals surface area contributed by atoms with Crippen molar-refractivity contribution in [3.63, 3.8) is 0 Å². The second kappa shape index (κ2) is 6.41. The molecular formula is C17H20N2OS. The Morgan fingerprint density at radius 1 is 1.24 bits per heavy atom. The zero-order valence-corrected chi connectivity index (χ0v) is 12.7. The van der Waals surface area contributed by atoms with Gasteiger partial charge in [-0.25, -0.2) is 0 Å². The molecule has 3 N–H and O–H groups in total. The van der Waals surface area contributed by atoms with Crippen LogP contribution in [-0.2, 0) is 0 Å². The normalized spacial score (nSPS) is 21.4. The SMILES string of the molecule is NCC1CCCC1NC(=O)c1sccc1-c1ccccc1. The fourth-order valence-electron chi connectivity index (χ4n) is 3.07. The Morgan fingerprint density at radius 3 is 2.81 bits per heavy atom. The van der Waals surface area contributed by atoms with Crippen LogP contribution < -0.4 is 11.1 Å². The van der Waals surface area contributed by atoms with E-state index >= 15 is 0 Å². The average molecular weight is 300 g/mol. The molecule has 1 aliphatic rings. The van der Waals surface area contributed by atoms with Crippen molar-refractivity contribution >= 4 is 17.2 Å². The van der Waals surface area contributed by atoms with E-state index in [1.165, 1.54) is 11.3 Å². The minimum absolute atomic E-state index is 0.0363. The highest BCUT2D eigenvalue weighted by Gasteiger charge is 2.28. The first-order valence-corrected chi connectivity index (χ1v) is 8.31. The van der Waals surface area contributed by atoms with Crippen molar-refractivity contribution in [2.75, 3.05) is 6.54 Å². The molecule has 1 heterocycles. The molecule has 2 unspecified atom stereocenters. The molecule has 1 aliphatic carbocycles. The van der Waals surface area contributed by atoms with Gasteiger partial charge in [0.1, 0.15) is 0 Å². The number of carbonyl (C=O) groups excluding carboxylic acids is 1. The molecule has 1 amide bonds. The fourth-order valence-corrected chi connectivity index (χ4v) is 3.89. The van der Waals surface area contributed by atoms with E-state index in [0.717, 1.165) is 35.3 Å². The molecule has 1 saturated carbocycles. The highest BCUT2D eigenvalue weighted by Crippen LogP contribution is 2.30. The van der Waals surface area contributed by atoms with E-state index in [9.17, 15) is 4.79 Å². The van der Waals surface area contributed by atoms with Crippen LogP contribution in [0.4, 0.5) is 0 Å². The lowest BCUT2D eigenvalue weighted by Crippen LogP contribution is -2.39. The number of hydrogen-bond acceptors (Lipinski definition) is 3. The van der Waals surface area contributed by atoms with Gasteiger partial charge >= 0.3 is 0 Å². The topological polar surface area (TPSA) is 55.1 Å². The van der Waals surface area contributed by atoms with Gasteiger partial charge in [-0.1, -0.05) is 36.8 Å². The molecule has 0 radical (unpaired) electrons. The molecule has 2 atom stereocenters. The van der Waals surface area contributed by atoms with Gasteiger partial charge in [0.15, 0.2) is 0 Å². The molecule has 0 saturated heterocycles. The largest absolute Gasteiger partial charge is 0.348 e. The van der Waals surface area contributed by atoms with E-state index in [4.69, 9.17) is 5.73 Å². The summed E-state index contributed by atoms with van der Waals surface area (Å²) in [6.45, 7) is 0.654. The highest BCUT2D eigenvalue weighted by atomic mass is 32.1. The van der Waals surface area contributed by atoms with Gasteiger partial charge in [-0.15, -0.1) is 11.3 Å². The molecular weight excluding hydrogens is 280 g/mol. The van der Waals surface area contributed by atoms with E-state index in [2.05, 4.69) is 5.32 Å². The number of nitrogens with one attached hydrogen (secondary N) is 1. The second-order valence-corrected chi connectivity index (χ2v) is 6.45. The molecule has 1 fully saturated rings. The summed E-state index contributed by atoms with van der Waals surface area (Å²) in [6.07, 6.45) is 3.32. The molecule has 110 valence electrons. The minimum atomic E-state index is 0.0363. The molecule has 2 aromatic rings. The summed E-state index contributed by atoms with van der Waals surface area (Å²) in [6, 6.07) is 12.3. The standard InChI is InChI=1S/C17H20N2OS/c18-11-13-7-4-8-15(13)19-17(20)16-14(9-10-21-16)12-5-2-1-3-6-12/h1-3,5-6,9-10,13,15H,4,7-8,11,18H2,(H,19,20). The van der Waals surface area contributed by atoms with Crippen molar-refractivity contribution in [2.24, 2.45) is 11.7 Å². The quantitative estimate of drug-likeness (QED) is 0.910. The molecule has 21 heavy (non-hydrogen) atoms. The molecule has 3 rings (SSSR count). The summed E-state index contributed by atoms with van der Waals surface area (Å²) in [7, 11) is 0. The third-order valence-electron chi connectivity index (χ3n) is 4.23. The molecule has 1 aromatic heterocycles. The van der Waals surface area contributed by atoms with Crippen LogP contribution in [0.5, 0.6) is 0 Å². The van der Waals surface area contributed by atoms with Crippen LogP contribution in [0.2, 0.25) is 0 Å². The smallest absolute Gasteiger partial charge is 0.262 e. The van der Waals surface area contributed by atoms with Crippen molar-refractivity contribution < 1.29 is 4.79 Å². The summed E-state index contributed by atoms with van der Waals surface area (Å²) in [5, 5.41) is 5.16. The molecule has 4 heteroatoms. The van der Waals surface area contributed by atoms with Gasteiger partial charge < -0.3 is 11.1 Å². The molecule has 0 bridgehead atoms. The number of thiophene rings is 1. The van der Waals surface area contributed by atoms with Gasteiger partial charge in [0.25, 0.3) is 5.91 Å². The Labute approximate surface area is 129 Å². The third kappa shape index (κ3) is 3.01. The van der Waals surface area contributed by atoms with Gasteiger partial charge in [0, 0.05) is 11.6 Å². The Hall–Kier alpha value is -1.65. The highest BCUT2D eigenvalue weighted by molar-refractivity contribution is 7.12. The van der Waals surface area contributed by atoms with Crippen LogP contribution in [0.3, 0.4) is 0 Å². The van der Waals surface area contributed by atoms with Crippen molar-refractivity contribution in [1.82, 2.24) is 5.32 Å². The van der Waals surface area contributed by atoms with Gasteiger partial charge in [0.05, 0.1) is 4.88 Å². The van der Waals surface area contributed by atoms with E-state index in [1.807, 2.05) is 41.8 Å². The first-order chi connectivity index (χ1) is 10.3. The monoisotopic (exact) mass is 300 g/mol. The minimum Gasteiger partial charge on any atom is -0.348 e. The number of rotatable bonds is 4. The zero-order chi connectivity index (χ0) is 14.7. The molecule has 0 aliphatic heterocycles. The first-order valence-electron chi connectivity index (χ1n) is 7.43. The number of benzene rings is 1. The number of hydrogen-bond donors (Lipinski definition) is 2. The van der Waals surface area contributed by atoms with Crippen LogP contribution in [0.25, 0.3) is 11.1 Å². The van der Waals surface area contributed by atoms with E-state index in [-0.39, 0.29) is 11.9 Å². The van der Waals surface area contributed by atoms with Gasteiger partial charge in [0.2, 0.25) is 0 Å². The summed E-state index contributed by atoms with van der Waals surface area (Å²) < 4.78 is 0. The zero-order valence-electron chi connectivity index (χ0n) is 11.9. The van der Waals surface area contributed by atoms with Crippen molar-refractivity contribution in [3.05, 3.63) is 46.7 Å². The van der Waals surface area contributed by atoms with Gasteiger partial charge in [-0.3, -0.25) is 4.79 Å². The Bertz CT molecular complexity index is 608. The Kier molecular flexibility index (Phi) is 4.36. The summed E-state index contributed by atoms with van der Waals surface area (Å²) in [5.41, 5.74) is 7.89. The maximum Gasteiger partial charge on any atom is 0.262 e. The van der Waals surface area contributed by atoms with Crippen LogP contribution in [0, 0.1) is 5.92 Å². The predicted molar refractivity (Wildman–Crippen MR) is 87.4 cm³/mol.